The van der Waals surface area contributed by atoms with E-state index in [9.17, 15) is 4.79 Å². The number of piperidine rings is 1. The van der Waals surface area contributed by atoms with E-state index in [0.29, 0.717) is 18.6 Å². The maximum absolute atomic E-state index is 12.0. The lowest BCUT2D eigenvalue weighted by molar-refractivity contribution is 0.0838. The van der Waals surface area contributed by atoms with Crippen molar-refractivity contribution in [2.45, 2.75) is 31.5 Å². The lowest BCUT2D eigenvalue weighted by Crippen LogP contribution is -2.44. The van der Waals surface area contributed by atoms with Crippen LogP contribution in [-0.4, -0.2) is 29.6 Å². The highest BCUT2D eigenvalue weighted by molar-refractivity contribution is 5.69. The number of carbonyl (C=O) groups is 1. The number of carbonyl (C=O) groups excluding carboxylic acids is 1. The van der Waals surface area contributed by atoms with Crippen molar-refractivity contribution in [3.63, 3.8) is 0 Å². The first kappa shape index (κ1) is 11.5. The zero-order chi connectivity index (χ0) is 12.5. The average Bonchev–Trinajstić information content (AvgIpc) is 3.19. The van der Waals surface area contributed by atoms with Gasteiger partial charge in [0.2, 0.25) is 0 Å². The van der Waals surface area contributed by atoms with Crippen LogP contribution in [0.15, 0.2) is 30.3 Å². The Kier molecular flexibility index (Phi) is 2.96. The highest BCUT2D eigenvalue weighted by atomic mass is 16.6. The van der Waals surface area contributed by atoms with Crippen LogP contribution in [0.4, 0.5) is 4.79 Å². The van der Waals surface area contributed by atoms with Crippen LogP contribution in [0, 0.1) is 5.92 Å². The van der Waals surface area contributed by atoms with Crippen LogP contribution in [-0.2, 0) is 11.3 Å². The van der Waals surface area contributed by atoms with Gasteiger partial charge in [0.05, 0.1) is 0 Å². The Morgan fingerprint density at radius 3 is 2.94 bits per heavy atom. The normalized spacial score (nSPS) is 29.6. The molecule has 3 unspecified atom stereocenters. The van der Waals surface area contributed by atoms with Gasteiger partial charge in [0.25, 0.3) is 0 Å². The number of hydrogen-bond acceptors (Lipinski definition) is 3. The first-order valence-corrected chi connectivity index (χ1v) is 6.48. The summed E-state index contributed by atoms with van der Waals surface area (Å²) in [5.74, 6) is 0.503. The van der Waals surface area contributed by atoms with E-state index < -0.39 is 0 Å². The van der Waals surface area contributed by atoms with E-state index >= 15 is 0 Å². The predicted molar refractivity (Wildman–Crippen MR) is 67.8 cm³/mol. The first-order valence-electron chi connectivity index (χ1n) is 6.48. The van der Waals surface area contributed by atoms with Crippen molar-refractivity contribution in [2.24, 2.45) is 11.7 Å². The van der Waals surface area contributed by atoms with Crippen LogP contribution < -0.4 is 5.73 Å². The van der Waals surface area contributed by atoms with Crippen LogP contribution >= 0.6 is 0 Å². The minimum Gasteiger partial charge on any atom is -0.445 e. The van der Waals surface area contributed by atoms with Gasteiger partial charge in [-0.05, 0) is 24.3 Å². The largest absolute Gasteiger partial charge is 0.445 e. The Labute approximate surface area is 107 Å². The lowest BCUT2D eigenvalue weighted by Gasteiger charge is -2.29. The molecule has 1 saturated heterocycles. The van der Waals surface area contributed by atoms with Crippen LogP contribution in [0.1, 0.15) is 18.4 Å². The molecule has 96 valence electrons. The molecule has 1 saturated carbocycles. The number of ether oxygens (including phenoxy) is 1. The molecule has 2 N–H and O–H groups in total. The van der Waals surface area contributed by atoms with Gasteiger partial charge < -0.3 is 15.4 Å². The van der Waals surface area contributed by atoms with Crippen LogP contribution in [0.2, 0.25) is 0 Å². The predicted octanol–water partition coefficient (Wildman–Crippen LogP) is 1.74. The second kappa shape index (κ2) is 4.61. The van der Waals surface area contributed by atoms with Gasteiger partial charge in [0.15, 0.2) is 0 Å². The summed E-state index contributed by atoms with van der Waals surface area (Å²) in [6.07, 6.45) is 1.74. The van der Waals surface area contributed by atoms with E-state index in [1.54, 1.807) is 0 Å². The van der Waals surface area contributed by atoms with E-state index in [2.05, 4.69) is 0 Å². The first-order chi connectivity index (χ1) is 8.75. The number of benzene rings is 1. The summed E-state index contributed by atoms with van der Waals surface area (Å²) in [5.41, 5.74) is 6.99. The molecular formula is C14H18N2O2. The second-order valence-corrected chi connectivity index (χ2v) is 5.15. The average molecular weight is 246 g/mol. The molecule has 2 fully saturated rings. The fraction of sp³-hybridized carbons (Fsp3) is 0.500. The van der Waals surface area contributed by atoms with Crippen molar-refractivity contribution in [3.8, 4) is 0 Å². The SMILES string of the molecule is NC1CCN(C(=O)OCc2ccccc2)C2CC12. The summed E-state index contributed by atoms with van der Waals surface area (Å²) >= 11 is 0. The Balaban J connectivity index is 1.53. The van der Waals surface area contributed by atoms with Gasteiger partial charge in [-0.1, -0.05) is 30.3 Å². The van der Waals surface area contributed by atoms with Crippen LogP contribution in [0.3, 0.4) is 0 Å². The van der Waals surface area contributed by atoms with E-state index in [-0.39, 0.29) is 12.1 Å². The highest BCUT2D eigenvalue weighted by Gasteiger charge is 2.50. The Bertz CT molecular complexity index is 435. The summed E-state index contributed by atoms with van der Waals surface area (Å²) in [4.78, 5) is 13.8. The maximum Gasteiger partial charge on any atom is 0.410 e. The Hall–Kier alpha value is -1.55. The molecule has 1 aliphatic carbocycles. The number of likely N-dealkylation sites (tertiary alicyclic amines) is 1. The smallest absolute Gasteiger partial charge is 0.410 e. The van der Waals surface area contributed by atoms with Gasteiger partial charge in [-0.15, -0.1) is 0 Å². The molecule has 2 aliphatic rings. The molecule has 4 heteroatoms. The van der Waals surface area contributed by atoms with Gasteiger partial charge in [-0.25, -0.2) is 4.79 Å². The van der Waals surface area contributed by atoms with E-state index in [4.69, 9.17) is 10.5 Å². The Morgan fingerprint density at radius 2 is 2.17 bits per heavy atom. The van der Waals surface area contributed by atoms with Gasteiger partial charge in [-0.3, -0.25) is 0 Å². The monoisotopic (exact) mass is 246 g/mol. The zero-order valence-electron chi connectivity index (χ0n) is 10.3. The molecule has 1 heterocycles. The molecule has 1 aromatic rings. The minimum absolute atomic E-state index is 0.196. The van der Waals surface area contributed by atoms with Gasteiger partial charge in [0, 0.05) is 18.6 Å². The Morgan fingerprint density at radius 1 is 1.39 bits per heavy atom. The molecule has 4 nitrogen and oxygen atoms in total. The van der Waals surface area contributed by atoms with Crippen LogP contribution in [0.25, 0.3) is 0 Å². The third-order valence-electron chi connectivity index (χ3n) is 3.90. The maximum atomic E-state index is 12.0. The molecule has 0 aromatic heterocycles. The van der Waals surface area contributed by atoms with Crippen molar-refractivity contribution in [1.29, 1.82) is 0 Å². The summed E-state index contributed by atoms with van der Waals surface area (Å²) in [5, 5.41) is 0. The van der Waals surface area contributed by atoms with Crippen molar-refractivity contribution in [1.82, 2.24) is 4.90 Å². The molecule has 18 heavy (non-hydrogen) atoms. The molecular weight excluding hydrogens is 228 g/mol. The number of fused-ring (bicyclic) bond motifs is 1. The molecule has 0 radical (unpaired) electrons. The highest BCUT2D eigenvalue weighted by Crippen LogP contribution is 2.42. The standard InChI is InChI=1S/C14H18N2O2/c15-12-6-7-16(13-8-11(12)13)14(17)18-9-10-4-2-1-3-5-10/h1-5,11-13H,6-9,15H2. The van der Waals surface area contributed by atoms with Crippen molar-refractivity contribution in [3.05, 3.63) is 35.9 Å². The number of rotatable bonds is 2. The second-order valence-electron chi connectivity index (χ2n) is 5.15. The van der Waals surface area contributed by atoms with Crippen molar-refractivity contribution >= 4 is 6.09 Å². The summed E-state index contributed by atoms with van der Waals surface area (Å²) < 4.78 is 5.35. The molecule has 0 spiro atoms. The summed E-state index contributed by atoms with van der Waals surface area (Å²) in [7, 11) is 0. The summed E-state index contributed by atoms with van der Waals surface area (Å²) in [6, 6.07) is 10.4. The third kappa shape index (κ3) is 2.20. The van der Waals surface area contributed by atoms with Crippen LogP contribution in [0.5, 0.6) is 0 Å². The van der Waals surface area contributed by atoms with E-state index in [1.165, 1.54) is 0 Å². The quantitative estimate of drug-likeness (QED) is 0.864. The zero-order valence-corrected chi connectivity index (χ0v) is 10.3. The molecule has 0 bridgehead atoms. The molecule has 1 amide bonds. The fourth-order valence-electron chi connectivity index (χ4n) is 2.72. The number of amides is 1. The topological polar surface area (TPSA) is 55.6 Å². The number of hydrogen-bond donors (Lipinski definition) is 1. The van der Waals surface area contributed by atoms with Gasteiger partial charge in [-0.2, -0.15) is 0 Å². The van der Waals surface area contributed by atoms with E-state index in [1.807, 2.05) is 35.2 Å². The van der Waals surface area contributed by atoms with Crippen molar-refractivity contribution < 1.29 is 9.53 Å². The van der Waals surface area contributed by atoms with Crippen molar-refractivity contribution in [2.75, 3.05) is 6.54 Å². The molecule has 3 atom stereocenters. The summed E-state index contributed by atoms with van der Waals surface area (Å²) in [6.45, 7) is 1.08. The number of nitrogens with zero attached hydrogens (tertiary/aromatic N) is 1. The molecule has 1 aromatic carbocycles. The van der Waals surface area contributed by atoms with E-state index in [0.717, 1.165) is 24.9 Å². The fourth-order valence-corrected chi connectivity index (χ4v) is 2.72. The lowest BCUT2D eigenvalue weighted by atomic mass is 10.1. The van der Waals surface area contributed by atoms with Gasteiger partial charge in [0.1, 0.15) is 6.61 Å². The minimum atomic E-state index is -0.196. The third-order valence-corrected chi connectivity index (χ3v) is 3.90. The molecule has 1 aliphatic heterocycles. The van der Waals surface area contributed by atoms with Gasteiger partial charge >= 0.3 is 6.09 Å². The molecule has 3 rings (SSSR count). The number of nitrogens with two attached hydrogens (primary N) is 1.